The van der Waals surface area contributed by atoms with Crippen LogP contribution in [0, 0.1) is 0 Å². The van der Waals surface area contributed by atoms with E-state index in [1.165, 1.54) is 6.92 Å². The molecule has 1 unspecified atom stereocenters. The maximum atomic E-state index is 11.8. The van der Waals surface area contributed by atoms with Crippen molar-refractivity contribution in [2.45, 2.75) is 13.0 Å². The van der Waals surface area contributed by atoms with Gasteiger partial charge in [-0.25, -0.2) is 36.9 Å². The number of rotatable bonds is 4. The third-order valence-electron chi connectivity index (χ3n) is 4.24. The van der Waals surface area contributed by atoms with Gasteiger partial charge in [-0.05, 0) is 6.92 Å². The van der Waals surface area contributed by atoms with Crippen LogP contribution in [0.25, 0.3) is 0 Å². The molecule has 0 saturated carbocycles. The van der Waals surface area contributed by atoms with Crippen LogP contribution in [0.1, 0.15) is 6.92 Å². The van der Waals surface area contributed by atoms with Crippen molar-refractivity contribution in [3.05, 3.63) is 0 Å². The minimum atomic E-state index is -4.96. The molecule has 1 aliphatic rings. The molecule has 1 saturated heterocycles. The van der Waals surface area contributed by atoms with E-state index in [0.717, 1.165) is 0 Å². The van der Waals surface area contributed by atoms with Crippen molar-refractivity contribution in [3.63, 3.8) is 0 Å². The van der Waals surface area contributed by atoms with Crippen molar-refractivity contribution < 1.29 is 57.4 Å². The van der Waals surface area contributed by atoms with E-state index in [2.05, 4.69) is 0 Å². The lowest BCUT2D eigenvalue weighted by Gasteiger charge is -2.37. The Bertz CT molecular complexity index is 744. The highest BCUT2D eigenvalue weighted by Crippen LogP contribution is 2.47. The van der Waals surface area contributed by atoms with Crippen LogP contribution in [0.4, 0.5) is 0 Å². The highest BCUT2D eigenvalue weighted by Gasteiger charge is 2.38. The Morgan fingerprint density at radius 2 is 0.862 bits per heavy atom. The molecule has 1 rings (SSSR count). The molecule has 29 heavy (non-hydrogen) atoms. The van der Waals surface area contributed by atoms with Crippen molar-refractivity contribution in [2.24, 2.45) is 0 Å². The average Bonchev–Trinajstić information content (AvgIpc) is 2.45. The number of hydrogen-bond donors (Lipinski definition) is 8. The molecule has 1 fully saturated rings. The summed E-state index contributed by atoms with van der Waals surface area (Å²) in [5, 5.41) is 0. The predicted octanol–water partition coefficient (Wildman–Crippen LogP) is -2.03. The highest BCUT2D eigenvalue weighted by atomic mass is 31.2. The van der Waals surface area contributed by atoms with Gasteiger partial charge < -0.3 is 39.1 Å². The number of hydrogen-bond acceptors (Lipinski definition) is 4. The first kappa shape index (κ1) is 27.5. The fraction of sp³-hybridized carbons (Fsp3) is 1.00. The maximum absolute atomic E-state index is 11.8. The van der Waals surface area contributed by atoms with Crippen LogP contribution in [-0.4, -0.2) is 110 Å². The van der Waals surface area contributed by atoms with Gasteiger partial charge in [0.05, 0.1) is 0 Å². The molecule has 0 spiro atoms. The van der Waals surface area contributed by atoms with Crippen LogP contribution in [0.2, 0.25) is 0 Å². The van der Waals surface area contributed by atoms with Crippen molar-refractivity contribution in [1.82, 2.24) is 18.7 Å². The van der Waals surface area contributed by atoms with Gasteiger partial charge in [0.15, 0.2) is 0 Å². The molecule has 0 aromatic carbocycles. The Morgan fingerprint density at radius 1 is 0.552 bits per heavy atom. The van der Waals surface area contributed by atoms with Gasteiger partial charge in [0.2, 0.25) is 0 Å². The van der Waals surface area contributed by atoms with E-state index < -0.39 is 82.8 Å². The van der Waals surface area contributed by atoms with Gasteiger partial charge in [0.1, 0.15) is 0 Å². The Kier molecular flexibility index (Phi) is 9.41. The molecule has 0 radical (unpaired) electrons. The predicted molar refractivity (Wildman–Crippen MR) is 99.1 cm³/mol. The molecular weight excluding hydrogens is 480 g/mol. The van der Waals surface area contributed by atoms with Gasteiger partial charge in [-0.1, -0.05) is 0 Å². The van der Waals surface area contributed by atoms with Gasteiger partial charge in [-0.15, -0.1) is 0 Å². The first-order chi connectivity index (χ1) is 12.8. The maximum Gasteiger partial charge on any atom is 0.403 e. The molecule has 8 N–H and O–H groups in total. The smallest absolute Gasteiger partial charge is 0.312 e. The molecule has 16 nitrogen and oxygen atoms in total. The molecular formula is C9H26N4O12P4. The van der Waals surface area contributed by atoms with Gasteiger partial charge in [-0.3, -0.25) is 0 Å². The summed E-state index contributed by atoms with van der Waals surface area (Å²) in [6.07, 6.45) is 0. The van der Waals surface area contributed by atoms with E-state index >= 15 is 0 Å². The standard InChI is InChI=1S/C9H26N4O12P4/c1-9-8-12(28(20,21)22)5-4-10(26(14,15)16)2-3-11(27(17,18)19)6-7-13(9)29(23,24)25/h9H,2-8H2,1H3,(H2,14,15,16)(H2,17,18,19)(H2,20,21,22)(H2,23,24,25). The lowest BCUT2D eigenvalue weighted by molar-refractivity contribution is 0.161. The SMILES string of the molecule is CC1CN(P(=O)(O)O)CCN(P(=O)(O)O)CCN(P(=O)(O)O)CCN1P(=O)(O)O. The second-order valence-corrected chi connectivity index (χ2v) is 12.7. The normalized spacial score (nSPS) is 24.8. The largest absolute Gasteiger partial charge is 0.403 e. The summed E-state index contributed by atoms with van der Waals surface area (Å²) in [7, 11) is -19.7. The monoisotopic (exact) mass is 506 g/mol. The zero-order valence-electron chi connectivity index (χ0n) is 15.3. The van der Waals surface area contributed by atoms with Crippen molar-refractivity contribution in [2.75, 3.05) is 45.8 Å². The molecule has 0 amide bonds. The number of nitrogens with zero attached hydrogens (tertiary/aromatic N) is 4. The molecule has 174 valence electrons. The van der Waals surface area contributed by atoms with E-state index in [1.807, 2.05) is 0 Å². The average molecular weight is 506 g/mol. The molecule has 0 bridgehead atoms. The van der Waals surface area contributed by atoms with Crippen LogP contribution < -0.4 is 0 Å². The van der Waals surface area contributed by atoms with Crippen LogP contribution in [-0.2, 0) is 18.3 Å². The first-order valence-corrected chi connectivity index (χ1v) is 14.3. The molecule has 0 aromatic rings. The zero-order valence-corrected chi connectivity index (χ0v) is 18.9. The van der Waals surface area contributed by atoms with Gasteiger partial charge in [-0.2, -0.15) is 0 Å². The van der Waals surface area contributed by atoms with E-state index in [0.29, 0.717) is 18.7 Å². The zero-order chi connectivity index (χ0) is 22.8. The summed E-state index contributed by atoms with van der Waals surface area (Å²) in [5.41, 5.74) is 0. The topological polar surface area (TPSA) is 243 Å². The molecule has 1 atom stereocenters. The second kappa shape index (κ2) is 9.93. The quantitative estimate of drug-likeness (QED) is 0.192. The van der Waals surface area contributed by atoms with E-state index in [-0.39, 0.29) is 0 Å². The Labute approximate surface area is 166 Å². The van der Waals surface area contributed by atoms with E-state index in [4.69, 9.17) is 0 Å². The Hall–Kier alpha value is 0.440. The lowest BCUT2D eigenvalue weighted by atomic mass is 10.3. The summed E-state index contributed by atoms with van der Waals surface area (Å²) in [4.78, 5) is 75.8. The summed E-state index contributed by atoms with van der Waals surface area (Å²) >= 11 is 0. The van der Waals surface area contributed by atoms with Gasteiger partial charge >= 0.3 is 31.0 Å². The molecule has 0 aromatic heterocycles. The summed E-state index contributed by atoms with van der Waals surface area (Å²) in [6, 6.07) is -1.18. The fourth-order valence-electron chi connectivity index (χ4n) is 2.76. The molecule has 0 aliphatic carbocycles. The lowest BCUT2D eigenvalue weighted by Crippen LogP contribution is -2.46. The van der Waals surface area contributed by atoms with Gasteiger partial charge in [0.25, 0.3) is 0 Å². The Balaban J connectivity index is 3.31. The van der Waals surface area contributed by atoms with Crippen LogP contribution >= 0.6 is 31.0 Å². The highest BCUT2D eigenvalue weighted by molar-refractivity contribution is 7.50. The van der Waals surface area contributed by atoms with Gasteiger partial charge in [0, 0.05) is 51.9 Å². The van der Waals surface area contributed by atoms with Crippen molar-refractivity contribution in [1.29, 1.82) is 0 Å². The van der Waals surface area contributed by atoms with Crippen LogP contribution in [0.3, 0.4) is 0 Å². The summed E-state index contributed by atoms with van der Waals surface area (Å²) < 4.78 is 49.0. The minimum Gasteiger partial charge on any atom is -0.312 e. The minimum absolute atomic E-state index is 0.519. The third kappa shape index (κ3) is 8.83. The van der Waals surface area contributed by atoms with Crippen molar-refractivity contribution >= 4 is 31.0 Å². The fourth-order valence-corrected chi connectivity index (χ4v) is 5.89. The first-order valence-electron chi connectivity index (χ1n) is 8.09. The van der Waals surface area contributed by atoms with Crippen LogP contribution in [0.5, 0.6) is 0 Å². The van der Waals surface area contributed by atoms with Crippen molar-refractivity contribution in [3.8, 4) is 0 Å². The second-order valence-electron chi connectivity index (χ2n) is 6.39. The molecule has 1 aliphatic heterocycles. The molecule has 1 heterocycles. The van der Waals surface area contributed by atoms with Crippen LogP contribution in [0.15, 0.2) is 0 Å². The van der Waals surface area contributed by atoms with E-state index in [9.17, 15) is 57.4 Å². The summed E-state index contributed by atoms with van der Waals surface area (Å²) in [5.74, 6) is 0. The van der Waals surface area contributed by atoms with E-state index in [1.54, 1.807) is 0 Å². The Morgan fingerprint density at radius 3 is 1.17 bits per heavy atom. The third-order valence-corrected chi connectivity index (χ3v) is 8.88. The summed E-state index contributed by atoms with van der Waals surface area (Å²) in [6.45, 7) is -2.80. The molecule has 20 heteroatoms.